The molecule has 0 rings (SSSR count). The molecule has 3 heteroatoms. The molecule has 0 aliphatic heterocycles. The van der Waals surface area contributed by atoms with Gasteiger partial charge in [-0.1, -0.05) is 0 Å². The zero-order chi connectivity index (χ0) is 11.1. The van der Waals surface area contributed by atoms with Crippen LogP contribution in [0.15, 0.2) is 0 Å². The minimum Gasteiger partial charge on any atom is -0.383 e. The normalized spacial score (nSPS) is 16.3. The van der Waals surface area contributed by atoms with Crippen LogP contribution in [0.4, 0.5) is 0 Å². The van der Waals surface area contributed by atoms with Gasteiger partial charge < -0.3 is 10.1 Å². The average Bonchev–Trinajstić information content (AvgIpc) is 2.16. The Hall–Kier alpha value is -0.120. The van der Waals surface area contributed by atoms with Crippen LogP contribution in [0.1, 0.15) is 27.7 Å². The van der Waals surface area contributed by atoms with Crippen molar-refractivity contribution in [3.8, 4) is 0 Å². The molecule has 0 amide bonds. The van der Waals surface area contributed by atoms with Crippen LogP contribution in [0.25, 0.3) is 0 Å². The number of hydrogen-bond acceptors (Lipinski definition) is 3. The van der Waals surface area contributed by atoms with Crippen LogP contribution in [0, 0.1) is 0 Å². The lowest BCUT2D eigenvalue weighted by atomic mass is 10.1. The first-order valence-electron chi connectivity index (χ1n) is 5.46. The van der Waals surface area contributed by atoms with Gasteiger partial charge in [0.1, 0.15) is 0 Å². The third-order valence-corrected chi connectivity index (χ3v) is 2.92. The third kappa shape index (κ3) is 4.40. The summed E-state index contributed by atoms with van der Waals surface area (Å²) in [7, 11) is 3.76. The van der Waals surface area contributed by atoms with E-state index < -0.39 is 0 Å². The smallest absolute Gasteiger partial charge is 0.0589 e. The van der Waals surface area contributed by atoms with E-state index in [0.29, 0.717) is 18.1 Å². The molecule has 3 nitrogen and oxygen atoms in total. The number of rotatable bonds is 7. The zero-order valence-corrected chi connectivity index (χ0v) is 10.5. The summed E-state index contributed by atoms with van der Waals surface area (Å²) >= 11 is 0. The van der Waals surface area contributed by atoms with E-state index in [1.165, 1.54) is 0 Å². The lowest BCUT2D eigenvalue weighted by molar-refractivity contribution is 0.0893. The van der Waals surface area contributed by atoms with E-state index in [0.717, 1.165) is 13.2 Å². The molecule has 86 valence electrons. The standard InChI is InChI=1S/C11H26N2O/c1-9(2)13(7-8-14-6)11(4)10(3)12-5/h9-12H,7-8H2,1-6H3. The second-order valence-electron chi connectivity index (χ2n) is 4.14. The summed E-state index contributed by atoms with van der Waals surface area (Å²) in [6.07, 6.45) is 0. The summed E-state index contributed by atoms with van der Waals surface area (Å²) in [5.41, 5.74) is 0. The molecule has 0 spiro atoms. The topological polar surface area (TPSA) is 24.5 Å². The van der Waals surface area contributed by atoms with Crippen molar-refractivity contribution in [3.63, 3.8) is 0 Å². The molecule has 0 radical (unpaired) electrons. The van der Waals surface area contributed by atoms with E-state index in [1.54, 1.807) is 7.11 Å². The molecular formula is C11H26N2O. The maximum Gasteiger partial charge on any atom is 0.0589 e. The Morgan fingerprint density at radius 1 is 1.21 bits per heavy atom. The first-order chi connectivity index (χ1) is 6.54. The maximum absolute atomic E-state index is 5.12. The number of likely N-dealkylation sites (N-methyl/N-ethyl adjacent to an activating group) is 1. The molecular weight excluding hydrogens is 176 g/mol. The van der Waals surface area contributed by atoms with Crippen LogP contribution >= 0.6 is 0 Å². The van der Waals surface area contributed by atoms with E-state index in [9.17, 15) is 0 Å². The number of methoxy groups -OCH3 is 1. The van der Waals surface area contributed by atoms with E-state index in [1.807, 2.05) is 7.05 Å². The SMILES string of the molecule is CNC(C)C(C)N(CCOC)C(C)C. The van der Waals surface area contributed by atoms with Gasteiger partial charge in [-0.15, -0.1) is 0 Å². The molecule has 0 bridgehead atoms. The van der Waals surface area contributed by atoms with Gasteiger partial charge in [0.05, 0.1) is 6.61 Å². The summed E-state index contributed by atoms with van der Waals surface area (Å²) in [6, 6.07) is 1.61. The lowest BCUT2D eigenvalue weighted by Crippen LogP contribution is -2.49. The molecule has 0 saturated heterocycles. The van der Waals surface area contributed by atoms with E-state index in [2.05, 4.69) is 37.9 Å². The molecule has 2 unspecified atom stereocenters. The molecule has 0 saturated carbocycles. The van der Waals surface area contributed by atoms with Crippen molar-refractivity contribution in [1.29, 1.82) is 0 Å². The van der Waals surface area contributed by atoms with Gasteiger partial charge in [0, 0.05) is 31.8 Å². The van der Waals surface area contributed by atoms with Crippen LogP contribution in [0.3, 0.4) is 0 Å². The molecule has 0 heterocycles. The molecule has 1 N–H and O–H groups in total. The fourth-order valence-electron chi connectivity index (χ4n) is 1.66. The van der Waals surface area contributed by atoms with Crippen molar-refractivity contribution in [2.45, 2.75) is 45.8 Å². The number of hydrogen-bond donors (Lipinski definition) is 1. The quantitative estimate of drug-likeness (QED) is 0.674. The predicted octanol–water partition coefficient (Wildman–Crippen LogP) is 1.34. The summed E-state index contributed by atoms with van der Waals surface area (Å²) in [4.78, 5) is 2.46. The first kappa shape index (κ1) is 13.9. The number of nitrogens with zero attached hydrogens (tertiary/aromatic N) is 1. The first-order valence-corrected chi connectivity index (χ1v) is 5.46. The molecule has 2 atom stereocenters. The Morgan fingerprint density at radius 2 is 1.79 bits per heavy atom. The van der Waals surface area contributed by atoms with Gasteiger partial charge in [-0.2, -0.15) is 0 Å². The van der Waals surface area contributed by atoms with Gasteiger partial charge in [0.25, 0.3) is 0 Å². The Morgan fingerprint density at radius 3 is 2.14 bits per heavy atom. The fourth-order valence-corrected chi connectivity index (χ4v) is 1.66. The molecule has 14 heavy (non-hydrogen) atoms. The van der Waals surface area contributed by atoms with Gasteiger partial charge in [0.2, 0.25) is 0 Å². The second-order valence-corrected chi connectivity index (χ2v) is 4.14. The van der Waals surface area contributed by atoms with Crippen molar-refractivity contribution >= 4 is 0 Å². The van der Waals surface area contributed by atoms with Crippen molar-refractivity contribution in [1.82, 2.24) is 10.2 Å². The second kappa shape index (κ2) is 7.21. The highest BCUT2D eigenvalue weighted by molar-refractivity contribution is 4.78. The highest BCUT2D eigenvalue weighted by Gasteiger charge is 2.20. The Kier molecular flexibility index (Phi) is 7.15. The van der Waals surface area contributed by atoms with E-state index in [-0.39, 0.29) is 0 Å². The fraction of sp³-hybridized carbons (Fsp3) is 1.00. The molecule has 0 aliphatic carbocycles. The van der Waals surface area contributed by atoms with Crippen LogP contribution in [-0.2, 0) is 4.74 Å². The minimum atomic E-state index is 0.509. The van der Waals surface area contributed by atoms with E-state index in [4.69, 9.17) is 4.74 Å². The molecule has 0 aliphatic rings. The Labute approximate surface area is 88.8 Å². The summed E-state index contributed by atoms with van der Waals surface area (Å²) in [5, 5.41) is 3.29. The van der Waals surface area contributed by atoms with Crippen molar-refractivity contribution in [3.05, 3.63) is 0 Å². The van der Waals surface area contributed by atoms with Crippen molar-refractivity contribution in [2.24, 2.45) is 0 Å². The Balaban J connectivity index is 4.17. The van der Waals surface area contributed by atoms with E-state index >= 15 is 0 Å². The van der Waals surface area contributed by atoms with Crippen LogP contribution in [0.2, 0.25) is 0 Å². The third-order valence-electron chi connectivity index (χ3n) is 2.92. The zero-order valence-electron chi connectivity index (χ0n) is 10.5. The highest BCUT2D eigenvalue weighted by atomic mass is 16.5. The van der Waals surface area contributed by atoms with Gasteiger partial charge in [-0.25, -0.2) is 0 Å². The molecule has 0 aromatic carbocycles. The lowest BCUT2D eigenvalue weighted by Gasteiger charge is -2.36. The van der Waals surface area contributed by atoms with Crippen LogP contribution in [0.5, 0.6) is 0 Å². The maximum atomic E-state index is 5.12. The van der Waals surface area contributed by atoms with Gasteiger partial charge >= 0.3 is 0 Å². The van der Waals surface area contributed by atoms with Crippen molar-refractivity contribution < 1.29 is 4.74 Å². The molecule has 0 aromatic rings. The van der Waals surface area contributed by atoms with Gasteiger partial charge in [0.15, 0.2) is 0 Å². The Bertz CT molecular complexity index is 139. The van der Waals surface area contributed by atoms with Crippen molar-refractivity contribution in [2.75, 3.05) is 27.3 Å². The summed E-state index contributed by atoms with van der Waals surface area (Å²) < 4.78 is 5.12. The monoisotopic (exact) mass is 202 g/mol. The minimum absolute atomic E-state index is 0.509. The van der Waals surface area contributed by atoms with Crippen LogP contribution in [-0.4, -0.2) is 50.3 Å². The number of nitrogens with one attached hydrogen (secondary N) is 1. The summed E-state index contributed by atoms with van der Waals surface area (Å²) in [6.45, 7) is 10.7. The number of ether oxygens (including phenoxy) is 1. The van der Waals surface area contributed by atoms with Crippen LogP contribution < -0.4 is 5.32 Å². The largest absolute Gasteiger partial charge is 0.383 e. The predicted molar refractivity (Wildman–Crippen MR) is 61.7 cm³/mol. The molecule has 0 aromatic heterocycles. The molecule has 0 fully saturated rings. The summed E-state index contributed by atoms with van der Waals surface area (Å²) in [5.74, 6) is 0. The average molecular weight is 202 g/mol. The van der Waals surface area contributed by atoms with Gasteiger partial charge in [-0.05, 0) is 34.7 Å². The highest BCUT2D eigenvalue weighted by Crippen LogP contribution is 2.08. The van der Waals surface area contributed by atoms with Gasteiger partial charge in [-0.3, -0.25) is 4.90 Å².